The highest BCUT2D eigenvalue weighted by Crippen LogP contribution is 2.34. The minimum atomic E-state index is -0.661. The van der Waals surface area contributed by atoms with Crippen LogP contribution in [0.5, 0.6) is 0 Å². The van der Waals surface area contributed by atoms with E-state index in [1.807, 2.05) is 6.92 Å². The summed E-state index contributed by atoms with van der Waals surface area (Å²) in [4.78, 5) is 22.6. The predicted octanol–water partition coefficient (Wildman–Crippen LogP) is 2.63. The maximum atomic E-state index is 11.3. The van der Waals surface area contributed by atoms with Gasteiger partial charge in [0.1, 0.15) is 0 Å². The fourth-order valence-corrected chi connectivity index (χ4v) is 2.78. The van der Waals surface area contributed by atoms with Gasteiger partial charge in [0.15, 0.2) is 0 Å². The zero-order chi connectivity index (χ0) is 15.7. The molecular weight excluding hydrogens is 270 g/mol. The molecule has 1 aliphatic carbocycles. The van der Waals surface area contributed by atoms with Crippen LogP contribution in [-0.2, 0) is 19.1 Å². The Bertz CT molecular complexity index is 306. The number of hydrogen-bond donors (Lipinski definition) is 1. The van der Waals surface area contributed by atoms with Gasteiger partial charge in [-0.3, -0.25) is 9.59 Å². The molecule has 2 rings (SSSR count). The van der Waals surface area contributed by atoms with Gasteiger partial charge in [-0.25, -0.2) is 0 Å². The third-order valence-corrected chi connectivity index (χ3v) is 4.10. The first-order valence-corrected chi connectivity index (χ1v) is 8.18. The van der Waals surface area contributed by atoms with E-state index in [0.717, 1.165) is 25.9 Å². The van der Waals surface area contributed by atoms with Gasteiger partial charge in [-0.15, -0.1) is 0 Å². The third-order valence-electron chi connectivity index (χ3n) is 4.10. The summed E-state index contributed by atoms with van der Waals surface area (Å²) >= 11 is 0. The van der Waals surface area contributed by atoms with Crippen molar-refractivity contribution in [2.24, 2.45) is 11.8 Å². The molecule has 1 N–H and O–H groups in total. The molecule has 0 spiro atoms. The van der Waals surface area contributed by atoms with Gasteiger partial charge in [-0.2, -0.15) is 0 Å². The van der Waals surface area contributed by atoms with E-state index in [1.54, 1.807) is 0 Å². The molecule has 1 heterocycles. The summed E-state index contributed by atoms with van der Waals surface area (Å²) in [5, 5.41) is 3.11. The normalized spacial score (nSPS) is 21.9. The second-order valence-electron chi connectivity index (χ2n) is 5.71. The van der Waals surface area contributed by atoms with Crippen molar-refractivity contribution in [3.05, 3.63) is 0 Å². The fraction of sp³-hybridized carbons (Fsp3) is 0.875. The number of cyclic esters (lactones) is 2. The highest BCUT2D eigenvalue weighted by Gasteiger charge is 2.34. The quantitative estimate of drug-likeness (QED) is 0.808. The smallest absolute Gasteiger partial charge is 0.309 e. The van der Waals surface area contributed by atoms with E-state index in [1.165, 1.54) is 12.8 Å². The van der Waals surface area contributed by atoms with Crippen molar-refractivity contribution >= 4 is 11.9 Å². The molecule has 0 bridgehead atoms. The summed E-state index contributed by atoms with van der Waals surface area (Å²) in [6, 6.07) is 0. The highest BCUT2D eigenvalue weighted by molar-refractivity contribution is 5.79. The maximum Gasteiger partial charge on any atom is 0.309 e. The van der Waals surface area contributed by atoms with E-state index in [0.29, 0.717) is 5.92 Å². The Balaban J connectivity index is 0.000000383. The first-order valence-electron chi connectivity index (χ1n) is 8.18. The lowest BCUT2D eigenvalue weighted by molar-refractivity contribution is -0.193. The average Bonchev–Trinajstić information content (AvgIpc) is 2.93. The molecule has 0 aromatic rings. The number of carbonyl (C=O) groups excluding carboxylic acids is 2. The van der Waals surface area contributed by atoms with Crippen LogP contribution in [0.4, 0.5) is 0 Å². The largest absolute Gasteiger partial charge is 0.425 e. The number of nitrogens with one attached hydrogen (secondary N) is 1. The molecule has 0 aromatic carbocycles. The van der Waals surface area contributed by atoms with Crippen LogP contribution in [0.2, 0.25) is 0 Å². The van der Waals surface area contributed by atoms with Crippen molar-refractivity contribution in [2.45, 2.75) is 65.6 Å². The second kappa shape index (κ2) is 9.77. The summed E-state index contributed by atoms with van der Waals surface area (Å²) in [6.07, 6.45) is 4.37. The van der Waals surface area contributed by atoms with Gasteiger partial charge in [0.05, 0.1) is 12.8 Å². The van der Waals surface area contributed by atoms with E-state index in [2.05, 4.69) is 19.2 Å². The van der Waals surface area contributed by atoms with Crippen LogP contribution in [0.1, 0.15) is 59.3 Å². The van der Waals surface area contributed by atoms with Crippen LogP contribution in [-0.4, -0.2) is 31.3 Å². The zero-order valence-corrected chi connectivity index (χ0v) is 13.5. The lowest BCUT2D eigenvalue weighted by atomic mass is 9.92. The summed E-state index contributed by atoms with van der Waals surface area (Å²) in [5.74, 6) is -0.00130. The number of ether oxygens (including phenoxy) is 2. The van der Waals surface area contributed by atoms with E-state index in [9.17, 15) is 9.59 Å². The van der Waals surface area contributed by atoms with Gasteiger partial charge in [0, 0.05) is 5.92 Å². The van der Waals surface area contributed by atoms with E-state index < -0.39 is 6.29 Å². The third kappa shape index (κ3) is 6.46. The standard InChI is InChI=1S/C12H18O4.C4H11N/c1-8(9-4-2-3-5-9)12-15-10(13)6-7-11(14)16-12;1-3-5-4-2/h8-9,12H,2-7H2,1H3;5H,3-4H2,1-2H3. The lowest BCUT2D eigenvalue weighted by Crippen LogP contribution is -2.31. The molecule has 5 nitrogen and oxygen atoms in total. The van der Waals surface area contributed by atoms with E-state index in [-0.39, 0.29) is 30.7 Å². The average molecular weight is 299 g/mol. The molecule has 0 aromatic heterocycles. The maximum absolute atomic E-state index is 11.3. The first-order chi connectivity index (χ1) is 10.1. The molecule has 1 atom stereocenters. The molecule has 5 heteroatoms. The van der Waals surface area contributed by atoms with E-state index >= 15 is 0 Å². The van der Waals surface area contributed by atoms with Crippen molar-refractivity contribution in [1.29, 1.82) is 0 Å². The van der Waals surface area contributed by atoms with Crippen LogP contribution < -0.4 is 5.32 Å². The van der Waals surface area contributed by atoms with Crippen LogP contribution >= 0.6 is 0 Å². The summed E-state index contributed by atoms with van der Waals surface area (Å²) in [5.41, 5.74) is 0. The van der Waals surface area contributed by atoms with Crippen molar-refractivity contribution in [2.75, 3.05) is 13.1 Å². The Morgan fingerprint density at radius 1 is 1.05 bits per heavy atom. The van der Waals surface area contributed by atoms with Gasteiger partial charge >= 0.3 is 11.9 Å². The molecule has 2 aliphatic rings. The Kier molecular flexibility index (Phi) is 8.35. The molecule has 2 fully saturated rings. The van der Waals surface area contributed by atoms with Gasteiger partial charge < -0.3 is 14.8 Å². The van der Waals surface area contributed by atoms with Gasteiger partial charge in [-0.05, 0) is 31.8 Å². The zero-order valence-electron chi connectivity index (χ0n) is 13.5. The lowest BCUT2D eigenvalue weighted by Gasteiger charge is -2.26. The molecule has 1 aliphatic heterocycles. The molecule has 1 unspecified atom stereocenters. The molecule has 1 saturated heterocycles. The van der Waals surface area contributed by atoms with Crippen LogP contribution in [0, 0.1) is 11.8 Å². The minimum absolute atomic E-state index is 0.119. The summed E-state index contributed by atoms with van der Waals surface area (Å²) < 4.78 is 10.3. The monoisotopic (exact) mass is 299 g/mol. The van der Waals surface area contributed by atoms with E-state index in [4.69, 9.17) is 9.47 Å². The Morgan fingerprint density at radius 2 is 1.52 bits per heavy atom. The molecule has 122 valence electrons. The molecule has 21 heavy (non-hydrogen) atoms. The SMILES string of the molecule is CC(C1CCCC1)C1OC(=O)CCC(=O)O1.CCNCC. The first kappa shape index (κ1) is 18.0. The van der Waals surface area contributed by atoms with Crippen LogP contribution in [0.15, 0.2) is 0 Å². The van der Waals surface area contributed by atoms with Gasteiger partial charge in [-0.1, -0.05) is 33.6 Å². The summed E-state index contributed by atoms with van der Waals surface area (Å²) in [6.45, 7) is 8.40. The second-order valence-corrected chi connectivity index (χ2v) is 5.71. The molecule has 0 amide bonds. The van der Waals surface area contributed by atoms with Crippen molar-refractivity contribution in [3.63, 3.8) is 0 Å². The number of esters is 2. The molecular formula is C16H29NO4. The molecule has 0 radical (unpaired) electrons. The Labute approximate surface area is 127 Å². The number of carbonyl (C=O) groups is 2. The number of hydrogen-bond acceptors (Lipinski definition) is 5. The van der Waals surface area contributed by atoms with Crippen molar-refractivity contribution < 1.29 is 19.1 Å². The Morgan fingerprint density at radius 3 is 1.90 bits per heavy atom. The van der Waals surface area contributed by atoms with Crippen LogP contribution in [0.3, 0.4) is 0 Å². The topological polar surface area (TPSA) is 64.6 Å². The Hall–Kier alpha value is -1.10. The fourth-order valence-electron chi connectivity index (χ4n) is 2.78. The summed E-state index contributed by atoms with van der Waals surface area (Å²) in [7, 11) is 0. The molecule has 1 saturated carbocycles. The van der Waals surface area contributed by atoms with Crippen molar-refractivity contribution in [1.82, 2.24) is 5.32 Å². The minimum Gasteiger partial charge on any atom is -0.425 e. The van der Waals surface area contributed by atoms with Gasteiger partial charge in [0.2, 0.25) is 6.29 Å². The van der Waals surface area contributed by atoms with Crippen molar-refractivity contribution in [3.8, 4) is 0 Å². The van der Waals surface area contributed by atoms with Crippen LogP contribution in [0.25, 0.3) is 0 Å². The highest BCUT2D eigenvalue weighted by atomic mass is 16.7. The number of rotatable bonds is 4. The predicted molar refractivity (Wildman–Crippen MR) is 80.5 cm³/mol. The van der Waals surface area contributed by atoms with Gasteiger partial charge in [0.25, 0.3) is 0 Å².